The highest BCUT2D eigenvalue weighted by Gasteiger charge is 2.43. The SMILES string of the molecule is COCC(C)NC(=O)NC1(CO)CC(C)CC(C)(C)C1. The van der Waals surface area contributed by atoms with E-state index in [2.05, 4.69) is 31.4 Å². The van der Waals surface area contributed by atoms with E-state index in [4.69, 9.17) is 4.74 Å². The Labute approximate surface area is 122 Å². The zero-order valence-electron chi connectivity index (χ0n) is 13.5. The van der Waals surface area contributed by atoms with Gasteiger partial charge in [-0.15, -0.1) is 0 Å². The molecule has 0 bridgehead atoms. The lowest BCUT2D eigenvalue weighted by atomic mass is 9.64. The molecule has 1 saturated carbocycles. The molecule has 3 unspecified atom stereocenters. The van der Waals surface area contributed by atoms with Crippen molar-refractivity contribution in [3.05, 3.63) is 0 Å². The van der Waals surface area contributed by atoms with Crippen LogP contribution in [0.4, 0.5) is 4.79 Å². The third kappa shape index (κ3) is 4.94. The molecule has 1 aliphatic rings. The molecule has 0 aromatic rings. The molecule has 0 spiro atoms. The zero-order valence-corrected chi connectivity index (χ0v) is 13.5. The Morgan fingerprint density at radius 2 is 2.10 bits per heavy atom. The molecule has 20 heavy (non-hydrogen) atoms. The molecule has 0 aromatic heterocycles. The number of rotatable bonds is 5. The fraction of sp³-hybridized carbons (Fsp3) is 0.933. The van der Waals surface area contributed by atoms with E-state index in [-0.39, 0.29) is 24.1 Å². The van der Waals surface area contributed by atoms with E-state index in [0.717, 1.165) is 19.3 Å². The minimum atomic E-state index is -0.516. The van der Waals surface area contributed by atoms with Crippen molar-refractivity contribution in [2.75, 3.05) is 20.3 Å². The lowest BCUT2D eigenvalue weighted by molar-refractivity contribution is 0.0427. The number of amides is 2. The van der Waals surface area contributed by atoms with Crippen LogP contribution < -0.4 is 10.6 Å². The van der Waals surface area contributed by atoms with Gasteiger partial charge in [0.2, 0.25) is 0 Å². The quantitative estimate of drug-likeness (QED) is 0.723. The fourth-order valence-electron chi connectivity index (χ4n) is 3.79. The van der Waals surface area contributed by atoms with Crippen molar-refractivity contribution < 1.29 is 14.6 Å². The number of aliphatic hydroxyl groups excluding tert-OH is 1. The number of hydrogen-bond donors (Lipinski definition) is 3. The van der Waals surface area contributed by atoms with Gasteiger partial charge in [0.1, 0.15) is 0 Å². The lowest BCUT2D eigenvalue weighted by Crippen LogP contribution is -2.60. The van der Waals surface area contributed by atoms with E-state index in [1.165, 1.54) is 0 Å². The molecule has 3 N–H and O–H groups in total. The summed E-state index contributed by atoms with van der Waals surface area (Å²) in [5, 5.41) is 15.7. The van der Waals surface area contributed by atoms with E-state index >= 15 is 0 Å². The van der Waals surface area contributed by atoms with Crippen molar-refractivity contribution in [1.82, 2.24) is 10.6 Å². The summed E-state index contributed by atoms with van der Waals surface area (Å²) in [6.07, 6.45) is 2.74. The second-order valence-corrected chi connectivity index (χ2v) is 7.25. The number of methoxy groups -OCH3 is 1. The van der Waals surface area contributed by atoms with Crippen molar-refractivity contribution in [2.24, 2.45) is 11.3 Å². The summed E-state index contributed by atoms with van der Waals surface area (Å²) >= 11 is 0. The maximum absolute atomic E-state index is 12.1. The van der Waals surface area contributed by atoms with Gasteiger partial charge in [-0.25, -0.2) is 4.79 Å². The number of aliphatic hydroxyl groups is 1. The van der Waals surface area contributed by atoms with Crippen LogP contribution in [0.15, 0.2) is 0 Å². The fourth-order valence-corrected chi connectivity index (χ4v) is 3.79. The van der Waals surface area contributed by atoms with Gasteiger partial charge in [0, 0.05) is 7.11 Å². The van der Waals surface area contributed by atoms with E-state index in [9.17, 15) is 9.90 Å². The maximum Gasteiger partial charge on any atom is 0.315 e. The number of nitrogens with one attached hydrogen (secondary N) is 2. The van der Waals surface area contributed by atoms with Gasteiger partial charge in [-0.3, -0.25) is 0 Å². The van der Waals surface area contributed by atoms with Crippen molar-refractivity contribution in [3.8, 4) is 0 Å². The van der Waals surface area contributed by atoms with Crippen LogP contribution in [0, 0.1) is 11.3 Å². The molecule has 1 rings (SSSR count). The average Bonchev–Trinajstić information content (AvgIpc) is 2.25. The van der Waals surface area contributed by atoms with Crippen LogP contribution in [-0.4, -0.2) is 43.0 Å². The summed E-state index contributed by atoms with van der Waals surface area (Å²) in [6.45, 7) is 8.91. The van der Waals surface area contributed by atoms with E-state index < -0.39 is 5.54 Å². The Hall–Kier alpha value is -0.810. The monoisotopic (exact) mass is 286 g/mol. The lowest BCUT2D eigenvalue weighted by Gasteiger charge is -2.47. The second-order valence-electron chi connectivity index (χ2n) is 7.25. The molecule has 2 amide bonds. The summed E-state index contributed by atoms with van der Waals surface area (Å²) in [6, 6.07) is -0.279. The zero-order chi connectivity index (χ0) is 15.4. The van der Waals surface area contributed by atoms with Crippen molar-refractivity contribution in [3.63, 3.8) is 0 Å². The van der Waals surface area contributed by atoms with E-state index in [1.54, 1.807) is 7.11 Å². The maximum atomic E-state index is 12.1. The Kier molecular flexibility index (Phi) is 5.83. The van der Waals surface area contributed by atoms with Crippen LogP contribution in [0.5, 0.6) is 0 Å². The van der Waals surface area contributed by atoms with Crippen LogP contribution >= 0.6 is 0 Å². The summed E-state index contributed by atoms with van der Waals surface area (Å²) in [5.41, 5.74) is -0.385. The molecule has 5 nitrogen and oxygen atoms in total. The Bertz CT molecular complexity index is 333. The van der Waals surface area contributed by atoms with Gasteiger partial charge >= 0.3 is 6.03 Å². The van der Waals surface area contributed by atoms with Crippen molar-refractivity contribution in [2.45, 2.75) is 58.5 Å². The van der Waals surface area contributed by atoms with Gasteiger partial charge < -0.3 is 20.5 Å². The number of urea groups is 1. The molecule has 3 atom stereocenters. The number of ether oxygens (including phenoxy) is 1. The first-order valence-electron chi connectivity index (χ1n) is 7.40. The summed E-state index contributed by atoms with van der Waals surface area (Å²) < 4.78 is 5.00. The predicted octanol–water partition coefficient (Wildman–Crippen LogP) is 1.90. The van der Waals surface area contributed by atoms with Crippen LogP contribution in [0.25, 0.3) is 0 Å². The van der Waals surface area contributed by atoms with Gasteiger partial charge in [-0.2, -0.15) is 0 Å². The number of carbonyl (C=O) groups is 1. The van der Waals surface area contributed by atoms with Crippen LogP contribution in [0.2, 0.25) is 0 Å². The third-order valence-corrected chi connectivity index (χ3v) is 3.93. The molecule has 1 aliphatic carbocycles. The molecular weight excluding hydrogens is 256 g/mol. The van der Waals surface area contributed by atoms with Gasteiger partial charge in [0.05, 0.1) is 24.8 Å². The molecule has 5 heteroatoms. The van der Waals surface area contributed by atoms with E-state index in [0.29, 0.717) is 12.5 Å². The first kappa shape index (κ1) is 17.2. The van der Waals surface area contributed by atoms with Crippen LogP contribution in [0.3, 0.4) is 0 Å². The Morgan fingerprint density at radius 3 is 2.60 bits per heavy atom. The first-order valence-corrected chi connectivity index (χ1v) is 7.40. The van der Waals surface area contributed by atoms with Crippen LogP contribution in [-0.2, 0) is 4.74 Å². The molecular formula is C15H30N2O3. The standard InChI is InChI=1S/C15H30N2O3/c1-11-6-14(3,4)9-15(7-11,10-18)17-13(19)16-12(2)8-20-5/h11-12,18H,6-10H2,1-5H3,(H2,16,17,19). The summed E-state index contributed by atoms with van der Waals surface area (Å²) in [4.78, 5) is 12.1. The highest BCUT2D eigenvalue weighted by molar-refractivity contribution is 5.75. The minimum Gasteiger partial charge on any atom is -0.394 e. The van der Waals surface area contributed by atoms with Crippen LogP contribution in [0.1, 0.15) is 47.0 Å². The molecule has 1 fully saturated rings. The summed E-state index contributed by atoms with van der Waals surface area (Å²) in [5.74, 6) is 0.489. The van der Waals surface area contributed by atoms with Crippen molar-refractivity contribution >= 4 is 6.03 Å². The van der Waals surface area contributed by atoms with Crippen molar-refractivity contribution in [1.29, 1.82) is 0 Å². The van der Waals surface area contributed by atoms with E-state index in [1.807, 2.05) is 6.92 Å². The molecule has 118 valence electrons. The number of hydrogen-bond acceptors (Lipinski definition) is 3. The van der Waals surface area contributed by atoms with Gasteiger partial charge in [0.15, 0.2) is 0 Å². The summed E-state index contributed by atoms with van der Waals surface area (Å²) in [7, 11) is 1.61. The first-order chi connectivity index (χ1) is 9.22. The Morgan fingerprint density at radius 1 is 1.45 bits per heavy atom. The second kappa shape index (κ2) is 6.76. The molecule has 0 aromatic carbocycles. The van der Waals surface area contributed by atoms with Gasteiger partial charge in [0.25, 0.3) is 0 Å². The Balaban J connectivity index is 2.67. The molecule has 0 aliphatic heterocycles. The predicted molar refractivity (Wildman–Crippen MR) is 79.6 cm³/mol. The topological polar surface area (TPSA) is 70.6 Å². The van der Waals surface area contributed by atoms with Gasteiger partial charge in [-0.1, -0.05) is 20.8 Å². The molecule has 0 saturated heterocycles. The highest BCUT2D eigenvalue weighted by atomic mass is 16.5. The largest absolute Gasteiger partial charge is 0.394 e. The third-order valence-electron chi connectivity index (χ3n) is 3.93. The normalized spacial score (nSPS) is 30.6. The van der Waals surface area contributed by atoms with Gasteiger partial charge in [-0.05, 0) is 37.5 Å². The highest BCUT2D eigenvalue weighted by Crippen LogP contribution is 2.43. The number of carbonyl (C=O) groups excluding carboxylic acids is 1. The minimum absolute atomic E-state index is 0.0210. The average molecular weight is 286 g/mol. The molecule has 0 heterocycles. The molecule has 0 radical (unpaired) electrons. The smallest absolute Gasteiger partial charge is 0.315 e.